The van der Waals surface area contributed by atoms with E-state index in [0.29, 0.717) is 22.8 Å². The lowest BCUT2D eigenvalue weighted by Crippen LogP contribution is -2.26. The zero-order chi connectivity index (χ0) is 18.8. The Kier molecular flexibility index (Phi) is 4.97. The second-order valence-electron chi connectivity index (χ2n) is 6.19. The first-order valence-corrected chi connectivity index (χ1v) is 9.70. The Bertz CT molecular complexity index is 1120. The quantitative estimate of drug-likeness (QED) is 0.475. The smallest absolute Gasteiger partial charge is 0.268 e. The van der Waals surface area contributed by atoms with Gasteiger partial charge in [0.15, 0.2) is 0 Å². The number of hydrogen-bond acceptors (Lipinski definition) is 2. The molecule has 1 N–H and O–H groups in total. The number of hydrogen-bond donors (Lipinski definition) is 1. The Labute approximate surface area is 165 Å². The largest absolute Gasteiger partial charge is 0.347 e. The molecule has 0 saturated carbocycles. The van der Waals surface area contributed by atoms with E-state index in [1.54, 1.807) is 29.5 Å². The SMILES string of the molecule is O=C(NCc1ccccc1F)c1cc2sccc2n1Cc1cccc(Cl)c1. The van der Waals surface area contributed by atoms with E-state index in [-0.39, 0.29) is 18.3 Å². The molecule has 2 aromatic carbocycles. The van der Waals surface area contributed by atoms with Crippen LogP contribution < -0.4 is 5.32 Å². The highest BCUT2D eigenvalue weighted by Crippen LogP contribution is 2.27. The Morgan fingerprint density at radius 1 is 1.11 bits per heavy atom. The van der Waals surface area contributed by atoms with Crippen LogP contribution in [0.3, 0.4) is 0 Å². The summed E-state index contributed by atoms with van der Waals surface area (Å²) in [6, 6.07) is 17.9. The number of nitrogens with one attached hydrogen (secondary N) is 1. The van der Waals surface area contributed by atoms with Gasteiger partial charge in [-0.3, -0.25) is 4.79 Å². The molecule has 0 radical (unpaired) electrons. The standard InChI is InChI=1S/C21H16ClFN2OS/c22-16-6-3-4-14(10-16)13-25-18-8-9-27-20(18)11-19(25)21(26)24-12-15-5-1-2-7-17(15)23/h1-11H,12-13H2,(H,24,26). The van der Waals surface area contributed by atoms with Crippen LogP contribution in [-0.2, 0) is 13.1 Å². The number of halogens is 2. The van der Waals surface area contributed by atoms with Gasteiger partial charge in [0.05, 0.1) is 10.2 Å². The van der Waals surface area contributed by atoms with E-state index >= 15 is 0 Å². The molecule has 0 aliphatic rings. The van der Waals surface area contributed by atoms with Crippen LogP contribution >= 0.6 is 22.9 Å². The summed E-state index contributed by atoms with van der Waals surface area (Å²) < 4.78 is 16.8. The predicted octanol–water partition coefficient (Wildman–Crippen LogP) is 5.47. The summed E-state index contributed by atoms with van der Waals surface area (Å²) >= 11 is 7.68. The van der Waals surface area contributed by atoms with Crippen molar-refractivity contribution in [2.45, 2.75) is 13.1 Å². The molecule has 1 amide bonds. The topological polar surface area (TPSA) is 34.0 Å². The predicted molar refractivity (Wildman–Crippen MR) is 108 cm³/mol. The van der Waals surface area contributed by atoms with Crippen LogP contribution in [0.1, 0.15) is 21.6 Å². The van der Waals surface area contributed by atoms with Crippen molar-refractivity contribution >= 4 is 39.1 Å². The van der Waals surface area contributed by atoms with Crippen molar-refractivity contribution in [2.24, 2.45) is 0 Å². The Balaban J connectivity index is 1.62. The zero-order valence-corrected chi connectivity index (χ0v) is 15.9. The monoisotopic (exact) mass is 398 g/mol. The van der Waals surface area contributed by atoms with Crippen molar-refractivity contribution in [2.75, 3.05) is 0 Å². The van der Waals surface area contributed by atoms with E-state index in [1.807, 2.05) is 46.3 Å². The molecule has 6 heteroatoms. The number of carbonyl (C=O) groups is 1. The average Bonchev–Trinajstić information content (AvgIpc) is 3.24. The molecule has 0 aliphatic carbocycles. The van der Waals surface area contributed by atoms with E-state index in [9.17, 15) is 9.18 Å². The summed E-state index contributed by atoms with van der Waals surface area (Å²) in [6.07, 6.45) is 0. The number of nitrogens with zero attached hydrogens (tertiary/aromatic N) is 1. The molecular formula is C21H16ClFN2OS. The minimum Gasteiger partial charge on any atom is -0.347 e. The molecule has 0 bridgehead atoms. The summed E-state index contributed by atoms with van der Waals surface area (Å²) in [5, 5.41) is 5.48. The van der Waals surface area contributed by atoms with E-state index in [2.05, 4.69) is 5.32 Å². The summed E-state index contributed by atoms with van der Waals surface area (Å²) in [5.41, 5.74) is 3.01. The highest BCUT2D eigenvalue weighted by atomic mass is 35.5. The number of amides is 1. The molecule has 136 valence electrons. The van der Waals surface area contributed by atoms with Crippen molar-refractivity contribution in [1.82, 2.24) is 9.88 Å². The minimum absolute atomic E-state index is 0.140. The molecule has 0 unspecified atom stereocenters. The van der Waals surface area contributed by atoms with Gasteiger partial charge >= 0.3 is 0 Å². The molecule has 2 aromatic heterocycles. The van der Waals surface area contributed by atoms with Gasteiger partial charge in [-0.2, -0.15) is 0 Å². The summed E-state index contributed by atoms with van der Waals surface area (Å²) in [5.74, 6) is -0.559. The molecule has 4 rings (SSSR count). The van der Waals surface area contributed by atoms with Crippen molar-refractivity contribution in [3.8, 4) is 0 Å². The van der Waals surface area contributed by atoms with E-state index in [1.165, 1.54) is 6.07 Å². The fourth-order valence-electron chi connectivity index (χ4n) is 3.06. The molecule has 27 heavy (non-hydrogen) atoms. The maximum absolute atomic E-state index is 13.8. The van der Waals surface area contributed by atoms with Gasteiger partial charge in [0, 0.05) is 23.7 Å². The molecule has 2 heterocycles. The van der Waals surface area contributed by atoms with Gasteiger partial charge in [-0.1, -0.05) is 41.9 Å². The van der Waals surface area contributed by atoms with E-state index in [4.69, 9.17) is 11.6 Å². The number of fused-ring (bicyclic) bond motifs is 1. The molecular weight excluding hydrogens is 383 g/mol. The third-order valence-electron chi connectivity index (χ3n) is 4.38. The van der Waals surface area contributed by atoms with Gasteiger partial charge < -0.3 is 9.88 Å². The van der Waals surface area contributed by atoms with Gasteiger partial charge in [-0.05, 0) is 41.3 Å². The molecule has 0 spiro atoms. The molecule has 0 fully saturated rings. The number of thiophene rings is 1. The Hall–Kier alpha value is -2.63. The van der Waals surface area contributed by atoms with Gasteiger partial charge in [0.1, 0.15) is 11.5 Å². The van der Waals surface area contributed by atoms with Crippen LogP contribution in [0.2, 0.25) is 5.02 Å². The van der Waals surface area contributed by atoms with Crippen LogP contribution in [-0.4, -0.2) is 10.5 Å². The molecule has 3 nitrogen and oxygen atoms in total. The van der Waals surface area contributed by atoms with Gasteiger partial charge in [0.2, 0.25) is 0 Å². The van der Waals surface area contributed by atoms with Crippen molar-refractivity contribution in [3.05, 3.63) is 93.7 Å². The highest BCUT2D eigenvalue weighted by molar-refractivity contribution is 7.17. The fourth-order valence-corrected chi connectivity index (χ4v) is 4.10. The lowest BCUT2D eigenvalue weighted by atomic mass is 10.2. The molecule has 4 aromatic rings. The third kappa shape index (κ3) is 3.75. The zero-order valence-electron chi connectivity index (χ0n) is 14.3. The highest BCUT2D eigenvalue weighted by Gasteiger charge is 2.17. The number of aromatic nitrogens is 1. The van der Waals surface area contributed by atoms with Gasteiger partial charge in [-0.25, -0.2) is 4.39 Å². The van der Waals surface area contributed by atoms with Gasteiger partial charge in [0.25, 0.3) is 5.91 Å². The van der Waals surface area contributed by atoms with Gasteiger partial charge in [-0.15, -0.1) is 11.3 Å². The Morgan fingerprint density at radius 3 is 2.78 bits per heavy atom. The lowest BCUT2D eigenvalue weighted by molar-refractivity contribution is 0.0942. The van der Waals surface area contributed by atoms with Crippen molar-refractivity contribution < 1.29 is 9.18 Å². The molecule has 0 atom stereocenters. The Morgan fingerprint density at radius 2 is 1.96 bits per heavy atom. The summed E-state index contributed by atoms with van der Waals surface area (Å²) in [6.45, 7) is 0.671. The summed E-state index contributed by atoms with van der Waals surface area (Å²) in [4.78, 5) is 12.8. The lowest BCUT2D eigenvalue weighted by Gasteiger charge is -2.11. The van der Waals surface area contributed by atoms with Crippen molar-refractivity contribution in [1.29, 1.82) is 0 Å². The van der Waals surface area contributed by atoms with Crippen LogP contribution in [0.5, 0.6) is 0 Å². The fraction of sp³-hybridized carbons (Fsp3) is 0.0952. The van der Waals surface area contributed by atoms with Crippen LogP contribution in [0.25, 0.3) is 10.2 Å². The van der Waals surface area contributed by atoms with Crippen LogP contribution in [0.15, 0.2) is 66.0 Å². The number of benzene rings is 2. The number of carbonyl (C=O) groups excluding carboxylic acids is 1. The second-order valence-corrected chi connectivity index (χ2v) is 7.57. The normalized spacial score (nSPS) is 11.0. The maximum atomic E-state index is 13.8. The first-order chi connectivity index (χ1) is 13.1. The molecule has 0 saturated heterocycles. The third-order valence-corrected chi connectivity index (χ3v) is 5.47. The first-order valence-electron chi connectivity index (χ1n) is 8.44. The van der Waals surface area contributed by atoms with E-state index in [0.717, 1.165) is 15.8 Å². The maximum Gasteiger partial charge on any atom is 0.268 e. The average molecular weight is 399 g/mol. The molecule has 0 aliphatic heterocycles. The van der Waals surface area contributed by atoms with Crippen LogP contribution in [0.4, 0.5) is 4.39 Å². The van der Waals surface area contributed by atoms with Crippen molar-refractivity contribution in [3.63, 3.8) is 0 Å². The number of rotatable bonds is 5. The first kappa shape index (κ1) is 17.8. The van der Waals surface area contributed by atoms with Crippen LogP contribution in [0, 0.1) is 5.82 Å². The second kappa shape index (κ2) is 7.55. The van der Waals surface area contributed by atoms with E-state index < -0.39 is 0 Å². The summed E-state index contributed by atoms with van der Waals surface area (Å²) in [7, 11) is 0. The minimum atomic E-state index is -0.326.